The number of nitrogens with zero attached hydrogens (tertiary/aromatic N) is 3. The van der Waals surface area contributed by atoms with Crippen molar-refractivity contribution in [3.05, 3.63) is 63.5 Å². The standard InChI is InChI=1S/C18H16AsBrClN3O2/c1-3-15-16(20)17(24(23-15)12-6-8-22-9-7-12)19-14-5-4-11(21)10-13(14)18(25)26-2/h4-10,19H,3H2,1-2H3. The van der Waals surface area contributed by atoms with Crippen molar-refractivity contribution in [1.82, 2.24) is 14.8 Å². The zero-order valence-electron chi connectivity index (χ0n) is 14.2. The van der Waals surface area contributed by atoms with Gasteiger partial charge in [0, 0.05) is 0 Å². The van der Waals surface area contributed by atoms with E-state index in [1.807, 2.05) is 22.9 Å². The molecule has 1 atom stereocenters. The van der Waals surface area contributed by atoms with Gasteiger partial charge in [0.05, 0.1) is 0 Å². The number of hydrogen-bond donors (Lipinski definition) is 0. The van der Waals surface area contributed by atoms with Crippen LogP contribution in [0.3, 0.4) is 0 Å². The van der Waals surface area contributed by atoms with Gasteiger partial charge >= 0.3 is 172 Å². The van der Waals surface area contributed by atoms with Crippen molar-refractivity contribution in [2.45, 2.75) is 13.3 Å². The van der Waals surface area contributed by atoms with Crippen LogP contribution in [0.2, 0.25) is 5.02 Å². The number of esters is 1. The van der Waals surface area contributed by atoms with Crippen molar-refractivity contribution in [2.75, 3.05) is 7.11 Å². The number of aryl methyl sites for hydroxylation is 1. The molecule has 26 heavy (non-hydrogen) atoms. The second-order valence-corrected chi connectivity index (χ2v) is 9.26. The predicted molar refractivity (Wildman–Crippen MR) is 108 cm³/mol. The van der Waals surface area contributed by atoms with E-state index >= 15 is 0 Å². The Kier molecular flexibility index (Phi) is 6.17. The van der Waals surface area contributed by atoms with Gasteiger partial charge in [-0.3, -0.25) is 0 Å². The van der Waals surface area contributed by atoms with Gasteiger partial charge in [-0.25, -0.2) is 0 Å². The van der Waals surface area contributed by atoms with E-state index in [2.05, 4.69) is 27.8 Å². The van der Waals surface area contributed by atoms with Crippen molar-refractivity contribution >= 4 is 58.1 Å². The molecule has 0 saturated heterocycles. The number of hydrogen-bond acceptors (Lipinski definition) is 4. The van der Waals surface area contributed by atoms with Gasteiger partial charge in [0.15, 0.2) is 0 Å². The molecule has 0 aliphatic heterocycles. The van der Waals surface area contributed by atoms with Crippen LogP contribution in [0.25, 0.3) is 5.69 Å². The summed E-state index contributed by atoms with van der Waals surface area (Å²) in [6, 6.07) is 9.19. The van der Waals surface area contributed by atoms with Crippen molar-refractivity contribution in [3.63, 3.8) is 0 Å². The summed E-state index contributed by atoms with van der Waals surface area (Å²) in [5.74, 6) is -0.381. The van der Waals surface area contributed by atoms with Gasteiger partial charge in [-0.2, -0.15) is 0 Å². The molecule has 0 aliphatic carbocycles. The van der Waals surface area contributed by atoms with Gasteiger partial charge in [0.2, 0.25) is 0 Å². The number of benzene rings is 1. The molecule has 3 aromatic rings. The SMILES string of the molecule is CCc1nn(-c2ccncc2)c([AsH]c2ccc(Cl)cc2C(=O)OC)c1Br. The van der Waals surface area contributed by atoms with E-state index in [4.69, 9.17) is 21.4 Å². The fourth-order valence-electron chi connectivity index (χ4n) is 2.48. The van der Waals surface area contributed by atoms with Crippen LogP contribution in [-0.4, -0.2) is 43.6 Å². The average Bonchev–Trinajstić information content (AvgIpc) is 2.99. The van der Waals surface area contributed by atoms with E-state index in [0.29, 0.717) is 10.6 Å². The maximum absolute atomic E-state index is 12.2. The number of carbonyl (C=O) groups is 1. The molecule has 1 aromatic carbocycles. The molecule has 0 aliphatic rings. The molecule has 2 heterocycles. The minimum atomic E-state index is -0.893. The molecule has 5 nitrogen and oxygen atoms in total. The van der Waals surface area contributed by atoms with Crippen LogP contribution < -0.4 is 8.83 Å². The Morgan fingerprint density at radius 2 is 2.04 bits per heavy atom. The number of methoxy groups -OCH3 is 1. The first kappa shape index (κ1) is 19.1. The molecular formula is C18H16AsBrClN3O2. The van der Waals surface area contributed by atoms with Crippen molar-refractivity contribution in [1.29, 1.82) is 0 Å². The Balaban J connectivity index is 2.11. The summed E-state index contributed by atoms with van der Waals surface area (Å²) in [4.78, 5) is 16.2. The topological polar surface area (TPSA) is 57.0 Å². The molecule has 0 spiro atoms. The Hall–Kier alpha value is -1.62. The van der Waals surface area contributed by atoms with Crippen LogP contribution in [0.4, 0.5) is 0 Å². The van der Waals surface area contributed by atoms with Gasteiger partial charge < -0.3 is 0 Å². The number of rotatable bonds is 5. The van der Waals surface area contributed by atoms with E-state index in [1.165, 1.54) is 7.11 Å². The molecule has 0 amide bonds. The fourth-order valence-corrected chi connectivity index (χ4v) is 6.36. The van der Waals surface area contributed by atoms with Gasteiger partial charge in [-0.15, -0.1) is 0 Å². The maximum atomic E-state index is 12.2. The average molecular weight is 497 g/mol. The van der Waals surface area contributed by atoms with E-state index < -0.39 is 15.8 Å². The van der Waals surface area contributed by atoms with Crippen LogP contribution in [0.5, 0.6) is 0 Å². The summed E-state index contributed by atoms with van der Waals surface area (Å²) in [6.45, 7) is 2.07. The number of pyridine rings is 1. The normalized spacial score (nSPS) is 11.2. The number of aromatic nitrogens is 3. The van der Waals surface area contributed by atoms with E-state index in [-0.39, 0.29) is 5.97 Å². The predicted octanol–water partition coefficient (Wildman–Crippen LogP) is 2.42. The molecule has 0 radical (unpaired) electrons. The number of carbonyl (C=O) groups excluding carboxylic acids is 1. The zero-order valence-corrected chi connectivity index (χ0v) is 18.6. The summed E-state index contributed by atoms with van der Waals surface area (Å²) in [5.41, 5.74) is 2.43. The quantitative estimate of drug-likeness (QED) is 0.402. The van der Waals surface area contributed by atoms with Crippen LogP contribution in [-0.2, 0) is 11.2 Å². The first-order valence-electron chi connectivity index (χ1n) is 7.87. The van der Waals surface area contributed by atoms with E-state index in [0.717, 1.165) is 31.1 Å². The first-order valence-corrected chi connectivity index (χ1v) is 11.1. The molecular weight excluding hydrogens is 480 g/mol. The summed E-state index contributed by atoms with van der Waals surface area (Å²) in [5, 5.41) is 5.25. The van der Waals surface area contributed by atoms with Crippen LogP contribution in [0.15, 0.2) is 47.2 Å². The zero-order chi connectivity index (χ0) is 18.7. The second-order valence-electron chi connectivity index (χ2n) is 5.39. The summed E-state index contributed by atoms with van der Waals surface area (Å²) >= 11 is 8.89. The summed E-state index contributed by atoms with van der Waals surface area (Å²) < 4.78 is 9.85. The monoisotopic (exact) mass is 495 g/mol. The van der Waals surface area contributed by atoms with Crippen molar-refractivity contribution < 1.29 is 9.53 Å². The Morgan fingerprint density at radius 1 is 1.31 bits per heavy atom. The third-order valence-electron chi connectivity index (χ3n) is 3.78. The Labute approximate surface area is 171 Å². The Bertz CT molecular complexity index is 947. The molecule has 2 aromatic heterocycles. The second kappa shape index (κ2) is 8.38. The number of halogens is 2. The van der Waals surface area contributed by atoms with Crippen molar-refractivity contribution in [3.8, 4) is 5.69 Å². The molecule has 8 heteroatoms. The van der Waals surface area contributed by atoms with Crippen LogP contribution in [0.1, 0.15) is 23.0 Å². The molecule has 0 bridgehead atoms. The molecule has 1 unspecified atom stereocenters. The number of ether oxygens (including phenoxy) is 1. The van der Waals surface area contributed by atoms with Crippen LogP contribution in [0, 0.1) is 0 Å². The summed E-state index contributed by atoms with van der Waals surface area (Å²) in [6.07, 6.45) is 4.28. The van der Waals surface area contributed by atoms with Gasteiger partial charge in [-0.1, -0.05) is 0 Å². The molecule has 0 N–H and O–H groups in total. The van der Waals surface area contributed by atoms with E-state index in [1.54, 1.807) is 24.5 Å². The third kappa shape index (κ3) is 3.87. The van der Waals surface area contributed by atoms with Gasteiger partial charge in [0.25, 0.3) is 0 Å². The molecule has 0 saturated carbocycles. The van der Waals surface area contributed by atoms with Crippen molar-refractivity contribution in [2.24, 2.45) is 0 Å². The Morgan fingerprint density at radius 3 is 2.69 bits per heavy atom. The molecule has 3 rings (SSSR count). The minimum absolute atomic E-state index is 0.381. The van der Waals surface area contributed by atoms with Gasteiger partial charge in [-0.05, 0) is 0 Å². The molecule has 134 valence electrons. The molecule has 0 fully saturated rings. The summed E-state index contributed by atoms with van der Waals surface area (Å²) in [7, 11) is 1.37. The van der Waals surface area contributed by atoms with E-state index in [9.17, 15) is 4.79 Å². The fraction of sp³-hybridized carbons (Fsp3) is 0.167. The van der Waals surface area contributed by atoms with Gasteiger partial charge in [0.1, 0.15) is 0 Å². The first-order chi connectivity index (χ1) is 12.5. The van der Waals surface area contributed by atoms with Crippen LogP contribution >= 0.6 is 27.5 Å². The third-order valence-corrected chi connectivity index (χ3v) is 8.56.